The van der Waals surface area contributed by atoms with Crippen molar-refractivity contribution < 1.29 is 38.9 Å². The van der Waals surface area contributed by atoms with Crippen LogP contribution in [0.1, 0.15) is 0 Å². The number of hydrogen-bond donors (Lipinski definition) is 5. The summed E-state index contributed by atoms with van der Waals surface area (Å²) >= 11 is 0. The molecule has 0 unspecified atom stereocenters. The van der Waals surface area contributed by atoms with Crippen LogP contribution in [0.2, 0.25) is 0 Å². The van der Waals surface area contributed by atoms with E-state index in [1.165, 1.54) is 0 Å². The fourth-order valence-corrected chi connectivity index (χ4v) is 1.53. The molecule has 1 fully saturated rings. The second-order valence-electron chi connectivity index (χ2n) is 2.80. The highest BCUT2D eigenvalue weighted by Gasteiger charge is 2.45. The number of ether oxygens (including phenoxy) is 1. The number of rotatable bonds is 3. The molecular weight excluding hydrogens is 219 g/mol. The van der Waals surface area contributed by atoms with Crippen LogP contribution in [0.25, 0.3) is 0 Å². The van der Waals surface area contributed by atoms with Gasteiger partial charge < -0.3 is 29.8 Å². The van der Waals surface area contributed by atoms with E-state index in [9.17, 15) is 4.57 Å². The molecule has 0 aromatic rings. The number of phosphoric ester groups is 1. The Hall–Kier alpha value is -0.0500. The lowest BCUT2D eigenvalue weighted by Gasteiger charge is -2.15. The summed E-state index contributed by atoms with van der Waals surface area (Å²) in [5.74, 6) is 0. The second kappa shape index (κ2) is 4.21. The zero-order valence-electron chi connectivity index (χ0n) is 6.92. The molecule has 0 aromatic carbocycles. The van der Waals surface area contributed by atoms with E-state index in [4.69, 9.17) is 25.1 Å². The fourth-order valence-electron chi connectivity index (χ4n) is 1.09. The van der Waals surface area contributed by atoms with Gasteiger partial charge in [-0.2, -0.15) is 0 Å². The monoisotopic (exact) mass is 230 g/mol. The topological polar surface area (TPSA) is 137 Å². The molecule has 1 aliphatic rings. The van der Waals surface area contributed by atoms with Gasteiger partial charge in [-0.05, 0) is 0 Å². The lowest BCUT2D eigenvalue weighted by molar-refractivity contribution is -0.126. The Balaban J connectivity index is 2.61. The molecule has 84 valence electrons. The Kier molecular flexibility index (Phi) is 3.62. The van der Waals surface area contributed by atoms with Crippen molar-refractivity contribution >= 4 is 7.82 Å². The van der Waals surface area contributed by atoms with Crippen molar-refractivity contribution in [2.24, 2.45) is 0 Å². The SMILES string of the molecule is O=P(O)(O)O[C@@H]1O[C@H](CO)[C@@H](O)[C@H]1O. The fraction of sp³-hybridized carbons (Fsp3) is 1.00. The van der Waals surface area contributed by atoms with Gasteiger partial charge in [0.1, 0.15) is 18.3 Å². The van der Waals surface area contributed by atoms with E-state index in [2.05, 4.69) is 9.26 Å². The Morgan fingerprint density at radius 2 is 1.86 bits per heavy atom. The number of aliphatic hydroxyl groups excluding tert-OH is 3. The summed E-state index contributed by atoms with van der Waals surface area (Å²) < 4.78 is 19.1. The van der Waals surface area contributed by atoms with Gasteiger partial charge in [0.05, 0.1) is 6.61 Å². The molecule has 0 bridgehead atoms. The maximum absolute atomic E-state index is 10.4. The first-order valence-electron chi connectivity index (χ1n) is 3.71. The van der Waals surface area contributed by atoms with Gasteiger partial charge in [0.25, 0.3) is 0 Å². The highest BCUT2D eigenvalue weighted by atomic mass is 31.2. The molecule has 1 saturated heterocycles. The third kappa shape index (κ3) is 2.72. The average molecular weight is 230 g/mol. The van der Waals surface area contributed by atoms with Crippen molar-refractivity contribution in [2.45, 2.75) is 24.6 Å². The average Bonchev–Trinajstić information content (AvgIpc) is 2.30. The summed E-state index contributed by atoms with van der Waals surface area (Å²) in [5.41, 5.74) is 0. The Labute approximate surface area is 78.9 Å². The molecule has 1 heterocycles. The summed E-state index contributed by atoms with van der Waals surface area (Å²) in [6.45, 7) is -0.584. The highest BCUT2D eigenvalue weighted by Crippen LogP contribution is 2.40. The second-order valence-corrected chi connectivity index (χ2v) is 3.99. The van der Waals surface area contributed by atoms with E-state index in [0.29, 0.717) is 0 Å². The van der Waals surface area contributed by atoms with Crippen LogP contribution in [0.3, 0.4) is 0 Å². The molecule has 4 atom stereocenters. The minimum Gasteiger partial charge on any atom is -0.394 e. The van der Waals surface area contributed by atoms with Gasteiger partial charge in [-0.25, -0.2) is 4.57 Å². The molecular formula is C5H11O8P. The summed E-state index contributed by atoms with van der Waals surface area (Å²) in [6.07, 6.45) is -5.78. The van der Waals surface area contributed by atoms with Gasteiger partial charge in [-0.1, -0.05) is 0 Å². The minimum absolute atomic E-state index is 0.584. The minimum atomic E-state index is -4.79. The van der Waals surface area contributed by atoms with Crippen LogP contribution in [-0.4, -0.2) is 56.3 Å². The molecule has 1 aliphatic heterocycles. The van der Waals surface area contributed by atoms with E-state index in [1.807, 2.05) is 0 Å². The normalized spacial score (nSPS) is 38.9. The molecule has 0 amide bonds. The zero-order valence-corrected chi connectivity index (χ0v) is 7.82. The van der Waals surface area contributed by atoms with Gasteiger partial charge in [-0.3, -0.25) is 4.52 Å². The van der Waals surface area contributed by atoms with Crippen LogP contribution < -0.4 is 0 Å². The molecule has 9 heteroatoms. The van der Waals surface area contributed by atoms with Gasteiger partial charge in [0, 0.05) is 0 Å². The summed E-state index contributed by atoms with van der Waals surface area (Å²) in [6, 6.07) is 0. The lowest BCUT2D eigenvalue weighted by atomic mass is 10.1. The maximum Gasteiger partial charge on any atom is 0.472 e. The largest absolute Gasteiger partial charge is 0.472 e. The number of hydrogen-bond acceptors (Lipinski definition) is 6. The Morgan fingerprint density at radius 3 is 2.21 bits per heavy atom. The molecule has 8 nitrogen and oxygen atoms in total. The molecule has 0 spiro atoms. The van der Waals surface area contributed by atoms with Crippen molar-refractivity contribution in [2.75, 3.05) is 6.61 Å². The first-order chi connectivity index (χ1) is 6.35. The molecule has 14 heavy (non-hydrogen) atoms. The van der Waals surface area contributed by atoms with Crippen LogP contribution in [0, 0.1) is 0 Å². The Bertz CT molecular complexity index is 238. The predicted molar refractivity (Wildman–Crippen MR) is 40.9 cm³/mol. The molecule has 0 aliphatic carbocycles. The van der Waals surface area contributed by atoms with Crippen LogP contribution in [-0.2, 0) is 13.8 Å². The first kappa shape index (κ1) is 12.0. The summed E-state index contributed by atoms with van der Waals surface area (Å²) in [4.78, 5) is 16.8. The van der Waals surface area contributed by atoms with Gasteiger partial charge >= 0.3 is 7.82 Å². The lowest BCUT2D eigenvalue weighted by Crippen LogP contribution is -2.34. The third-order valence-electron chi connectivity index (χ3n) is 1.74. The van der Waals surface area contributed by atoms with Crippen molar-refractivity contribution in [3.05, 3.63) is 0 Å². The standard InChI is InChI=1S/C5H11O8P/c6-1-2-3(7)4(8)5(12-2)13-14(9,10)11/h2-8H,1H2,(H2,9,10,11)/t2-,3-,4-,5+/m1/s1. The highest BCUT2D eigenvalue weighted by molar-refractivity contribution is 7.46. The molecule has 0 aromatic heterocycles. The molecule has 0 saturated carbocycles. The molecule has 1 rings (SSSR count). The van der Waals surface area contributed by atoms with E-state index in [1.54, 1.807) is 0 Å². The number of aliphatic hydroxyl groups is 3. The zero-order chi connectivity index (χ0) is 10.9. The maximum atomic E-state index is 10.4. The van der Waals surface area contributed by atoms with Gasteiger partial charge in [-0.15, -0.1) is 0 Å². The predicted octanol–water partition coefficient (Wildman–Crippen LogP) is -2.47. The van der Waals surface area contributed by atoms with Gasteiger partial charge in [0.2, 0.25) is 0 Å². The van der Waals surface area contributed by atoms with E-state index >= 15 is 0 Å². The van der Waals surface area contributed by atoms with Crippen molar-refractivity contribution in [3.8, 4) is 0 Å². The van der Waals surface area contributed by atoms with Crippen LogP contribution in [0.4, 0.5) is 0 Å². The summed E-state index contributed by atoms with van der Waals surface area (Å²) in [5, 5.41) is 26.9. The van der Waals surface area contributed by atoms with Crippen molar-refractivity contribution in [1.82, 2.24) is 0 Å². The quantitative estimate of drug-likeness (QED) is 0.336. The molecule has 5 N–H and O–H groups in total. The van der Waals surface area contributed by atoms with Crippen molar-refractivity contribution in [3.63, 3.8) is 0 Å². The first-order valence-corrected chi connectivity index (χ1v) is 5.24. The summed E-state index contributed by atoms with van der Waals surface area (Å²) in [7, 11) is -4.79. The van der Waals surface area contributed by atoms with E-state index < -0.39 is 39.0 Å². The van der Waals surface area contributed by atoms with E-state index in [-0.39, 0.29) is 0 Å². The number of phosphoric acid groups is 1. The van der Waals surface area contributed by atoms with Gasteiger partial charge in [0.15, 0.2) is 6.29 Å². The van der Waals surface area contributed by atoms with Crippen molar-refractivity contribution in [1.29, 1.82) is 0 Å². The Morgan fingerprint density at radius 1 is 1.29 bits per heavy atom. The smallest absolute Gasteiger partial charge is 0.394 e. The van der Waals surface area contributed by atoms with E-state index in [0.717, 1.165) is 0 Å². The van der Waals surface area contributed by atoms with Crippen LogP contribution in [0.5, 0.6) is 0 Å². The third-order valence-corrected chi connectivity index (χ3v) is 2.22. The molecule has 0 radical (unpaired) electrons. The van der Waals surface area contributed by atoms with Crippen LogP contribution in [0.15, 0.2) is 0 Å². The van der Waals surface area contributed by atoms with Crippen LogP contribution >= 0.6 is 7.82 Å².